The van der Waals surface area contributed by atoms with E-state index in [1.807, 2.05) is 12.1 Å². The molecule has 0 saturated carbocycles. The first-order chi connectivity index (χ1) is 6.63. The molecule has 1 aromatic rings. The fourth-order valence-corrected chi connectivity index (χ4v) is 1.59. The van der Waals surface area contributed by atoms with Crippen molar-refractivity contribution in [1.29, 1.82) is 0 Å². The molecule has 78 valence electrons. The van der Waals surface area contributed by atoms with Gasteiger partial charge in [0.15, 0.2) is 0 Å². The summed E-state index contributed by atoms with van der Waals surface area (Å²) in [4.78, 5) is 3.93. The van der Waals surface area contributed by atoms with Crippen LogP contribution in [-0.2, 0) is 0 Å². The lowest BCUT2D eigenvalue weighted by atomic mass is 9.98. The van der Waals surface area contributed by atoms with Gasteiger partial charge in [-0.2, -0.15) is 0 Å². The van der Waals surface area contributed by atoms with E-state index in [1.165, 1.54) is 0 Å². The Kier molecular flexibility index (Phi) is 4.32. The number of halogens is 1. The number of nitrogens with two attached hydrogens (primary N) is 1. The average molecular weight is 214 g/mol. The fraction of sp³-hybridized carbons (Fsp3) is 0.500. The second-order valence-corrected chi connectivity index (χ2v) is 4.15. The van der Waals surface area contributed by atoms with Gasteiger partial charge < -0.3 is 0 Å². The minimum Gasteiger partial charge on any atom is -0.271 e. The van der Waals surface area contributed by atoms with Crippen LogP contribution in [0.15, 0.2) is 18.3 Å². The van der Waals surface area contributed by atoms with E-state index >= 15 is 0 Å². The van der Waals surface area contributed by atoms with Crippen LogP contribution in [-0.4, -0.2) is 4.98 Å². The van der Waals surface area contributed by atoms with Crippen molar-refractivity contribution in [2.24, 2.45) is 11.8 Å². The molecule has 0 aliphatic carbocycles. The Balaban J connectivity index is 2.78. The number of hydrogen-bond donors (Lipinski definition) is 2. The summed E-state index contributed by atoms with van der Waals surface area (Å²) in [5.41, 5.74) is 3.87. The molecule has 3 nitrogen and oxygen atoms in total. The van der Waals surface area contributed by atoms with Crippen LogP contribution in [0.3, 0.4) is 0 Å². The summed E-state index contributed by atoms with van der Waals surface area (Å²) in [5, 5.41) is 0.506. The third kappa shape index (κ3) is 3.25. The Hall–Kier alpha value is -0.640. The van der Waals surface area contributed by atoms with Gasteiger partial charge in [-0.15, -0.1) is 0 Å². The predicted octanol–water partition coefficient (Wildman–Crippen LogP) is 2.29. The first-order valence-corrected chi connectivity index (χ1v) is 5.09. The third-order valence-electron chi connectivity index (χ3n) is 2.06. The van der Waals surface area contributed by atoms with E-state index in [9.17, 15) is 0 Å². The zero-order chi connectivity index (χ0) is 10.6. The topological polar surface area (TPSA) is 50.9 Å². The zero-order valence-corrected chi connectivity index (χ0v) is 9.25. The van der Waals surface area contributed by atoms with Gasteiger partial charge in [0.2, 0.25) is 0 Å². The molecule has 14 heavy (non-hydrogen) atoms. The minimum atomic E-state index is 0.149. The molecule has 1 atom stereocenters. The van der Waals surface area contributed by atoms with Crippen LogP contribution < -0.4 is 11.3 Å². The van der Waals surface area contributed by atoms with Gasteiger partial charge in [-0.05, 0) is 30.0 Å². The van der Waals surface area contributed by atoms with Gasteiger partial charge in [-0.3, -0.25) is 11.3 Å². The standard InChI is InChI=1S/C10H16ClN3/c1-7(2)5-9(14-12)8-3-4-13-10(11)6-8/h3-4,6-7,9,14H,5,12H2,1-2H3. The molecule has 1 aromatic heterocycles. The van der Waals surface area contributed by atoms with E-state index in [2.05, 4.69) is 24.3 Å². The number of aromatic nitrogens is 1. The Morgan fingerprint density at radius 1 is 1.57 bits per heavy atom. The molecule has 3 N–H and O–H groups in total. The number of nitrogens with zero attached hydrogens (tertiary/aromatic N) is 1. The molecular weight excluding hydrogens is 198 g/mol. The maximum atomic E-state index is 5.80. The van der Waals surface area contributed by atoms with Crippen LogP contribution in [0.2, 0.25) is 5.15 Å². The highest BCUT2D eigenvalue weighted by Crippen LogP contribution is 2.21. The number of rotatable bonds is 4. The van der Waals surface area contributed by atoms with Crippen molar-refractivity contribution in [3.8, 4) is 0 Å². The van der Waals surface area contributed by atoms with E-state index in [1.54, 1.807) is 6.20 Å². The molecule has 0 aromatic carbocycles. The van der Waals surface area contributed by atoms with Gasteiger partial charge in [0.25, 0.3) is 0 Å². The second kappa shape index (κ2) is 5.29. The Morgan fingerprint density at radius 2 is 2.29 bits per heavy atom. The number of nitrogens with one attached hydrogen (secondary N) is 1. The zero-order valence-electron chi connectivity index (χ0n) is 8.50. The van der Waals surface area contributed by atoms with Crippen molar-refractivity contribution in [3.05, 3.63) is 29.0 Å². The summed E-state index contributed by atoms with van der Waals surface area (Å²) in [5.74, 6) is 6.08. The summed E-state index contributed by atoms with van der Waals surface area (Å²) in [7, 11) is 0. The second-order valence-electron chi connectivity index (χ2n) is 3.76. The van der Waals surface area contributed by atoms with Crippen LogP contribution >= 0.6 is 11.6 Å². The van der Waals surface area contributed by atoms with Crippen molar-refractivity contribution in [2.75, 3.05) is 0 Å². The largest absolute Gasteiger partial charge is 0.271 e. The first-order valence-electron chi connectivity index (χ1n) is 4.71. The van der Waals surface area contributed by atoms with Crippen molar-refractivity contribution in [1.82, 2.24) is 10.4 Å². The summed E-state index contributed by atoms with van der Waals surface area (Å²) in [6.07, 6.45) is 2.68. The highest BCUT2D eigenvalue weighted by atomic mass is 35.5. The van der Waals surface area contributed by atoms with Gasteiger partial charge >= 0.3 is 0 Å². The molecular formula is C10H16ClN3. The van der Waals surface area contributed by atoms with Crippen LogP contribution in [0, 0.1) is 5.92 Å². The molecule has 0 spiro atoms. The fourth-order valence-electron chi connectivity index (χ4n) is 1.41. The maximum Gasteiger partial charge on any atom is 0.129 e. The third-order valence-corrected chi connectivity index (χ3v) is 2.27. The summed E-state index contributed by atoms with van der Waals surface area (Å²) in [6, 6.07) is 3.92. The van der Waals surface area contributed by atoms with Crippen molar-refractivity contribution >= 4 is 11.6 Å². The molecule has 0 aliphatic heterocycles. The number of hydrogen-bond acceptors (Lipinski definition) is 3. The molecule has 1 unspecified atom stereocenters. The normalized spacial score (nSPS) is 13.2. The molecule has 1 rings (SSSR count). The van der Waals surface area contributed by atoms with Gasteiger partial charge in [0.1, 0.15) is 5.15 Å². The van der Waals surface area contributed by atoms with E-state index in [4.69, 9.17) is 17.4 Å². The predicted molar refractivity (Wildman–Crippen MR) is 58.8 cm³/mol. The summed E-state index contributed by atoms with van der Waals surface area (Å²) in [6.45, 7) is 4.32. The van der Waals surface area contributed by atoms with Crippen LogP contribution in [0.5, 0.6) is 0 Å². The first kappa shape index (κ1) is 11.4. The summed E-state index contributed by atoms with van der Waals surface area (Å²) >= 11 is 5.80. The molecule has 0 radical (unpaired) electrons. The van der Waals surface area contributed by atoms with Crippen LogP contribution in [0.4, 0.5) is 0 Å². The van der Waals surface area contributed by atoms with Crippen LogP contribution in [0.25, 0.3) is 0 Å². The summed E-state index contributed by atoms with van der Waals surface area (Å²) < 4.78 is 0. The SMILES string of the molecule is CC(C)CC(NN)c1ccnc(Cl)c1. The van der Waals surface area contributed by atoms with Gasteiger partial charge in [-0.25, -0.2) is 4.98 Å². The molecule has 0 bridgehead atoms. The van der Waals surface area contributed by atoms with E-state index in [0.717, 1.165) is 12.0 Å². The lowest BCUT2D eigenvalue weighted by Crippen LogP contribution is -2.29. The Morgan fingerprint density at radius 3 is 2.79 bits per heavy atom. The lowest BCUT2D eigenvalue weighted by molar-refractivity contribution is 0.438. The van der Waals surface area contributed by atoms with Gasteiger partial charge in [0.05, 0.1) is 0 Å². The average Bonchev–Trinajstić information content (AvgIpc) is 2.14. The Bertz CT molecular complexity index is 288. The monoisotopic (exact) mass is 213 g/mol. The number of pyridine rings is 1. The van der Waals surface area contributed by atoms with Crippen molar-refractivity contribution in [2.45, 2.75) is 26.3 Å². The smallest absolute Gasteiger partial charge is 0.129 e. The minimum absolute atomic E-state index is 0.149. The molecule has 4 heteroatoms. The maximum absolute atomic E-state index is 5.80. The molecule has 0 amide bonds. The quantitative estimate of drug-likeness (QED) is 0.459. The molecule has 1 heterocycles. The van der Waals surface area contributed by atoms with E-state index in [0.29, 0.717) is 11.1 Å². The molecule has 0 aliphatic rings. The van der Waals surface area contributed by atoms with Crippen molar-refractivity contribution in [3.63, 3.8) is 0 Å². The number of hydrazine groups is 1. The molecule has 0 saturated heterocycles. The van der Waals surface area contributed by atoms with Crippen molar-refractivity contribution < 1.29 is 0 Å². The molecule has 0 fully saturated rings. The Labute approximate surface area is 89.6 Å². The highest BCUT2D eigenvalue weighted by Gasteiger charge is 2.11. The highest BCUT2D eigenvalue weighted by molar-refractivity contribution is 6.29. The van der Waals surface area contributed by atoms with Gasteiger partial charge in [0, 0.05) is 12.2 Å². The van der Waals surface area contributed by atoms with E-state index in [-0.39, 0.29) is 6.04 Å². The van der Waals surface area contributed by atoms with Gasteiger partial charge in [-0.1, -0.05) is 25.4 Å². The lowest BCUT2D eigenvalue weighted by Gasteiger charge is -2.18. The van der Waals surface area contributed by atoms with E-state index < -0.39 is 0 Å². The van der Waals surface area contributed by atoms with Crippen LogP contribution in [0.1, 0.15) is 31.9 Å².